The lowest BCUT2D eigenvalue weighted by Gasteiger charge is -2.12. The molecule has 0 radical (unpaired) electrons. The van der Waals surface area contributed by atoms with Crippen LogP contribution in [0.3, 0.4) is 0 Å². The van der Waals surface area contributed by atoms with Gasteiger partial charge >= 0.3 is 5.69 Å². The van der Waals surface area contributed by atoms with Crippen LogP contribution in [0.2, 0.25) is 0 Å². The molecule has 7 nitrogen and oxygen atoms in total. The average molecular weight is 407 g/mol. The maximum absolute atomic E-state index is 12.9. The van der Waals surface area contributed by atoms with Crippen molar-refractivity contribution in [1.82, 2.24) is 14.5 Å². The third kappa shape index (κ3) is 3.94. The van der Waals surface area contributed by atoms with Gasteiger partial charge in [-0.05, 0) is 50.5 Å². The summed E-state index contributed by atoms with van der Waals surface area (Å²) in [4.78, 5) is 19.3. The van der Waals surface area contributed by atoms with Crippen molar-refractivity contribution in [3.8, 4) is 17.0 Å². The highest BCUT2D eigenvalue weighted by atomic mass is 16.5. The Hall–Kier alpha value is -3.16. The number of para-hydroxylation sites is 1. The number of benzene rings is 2. The lowest BCUT2D eigenvalue weighted by Crippen LogP contribution is -2.25. The molecule has 2 aromatic heterocycles. The van der Waals surface area contributed by atoms with Crippen LogP contribution in [0.25, 0.3) is 33.3 Å². The van der Waals surface area contributed by atoms with Crippen LogP contribution in [-0.2, 0) is 11.3 Å². The SMILES string of the molecule is COCCn1c(=O)nc(-c2ccc(OCCN(C)C)cc2)c2oc3ccccc3c21. The van der Waals surface area contributed by atoms with E-state index in [-0.39, 0.29) is 5.69 Å². The van der Waals surface area contributed by atoms with Gasteiger partial charge in [-0.15, -0.1) is 0 Å². The monoisotopic (exact) mass is 407 g/mol. The number of methoxy groups -OCH3 is 1. The summed E-state index contributed by atoms with van der Waals surface area (Å²) in [6.45, 7) is 2.26. The molecule has 0 aliphatic carbocycles. The van der Waals surface area contributed by atoms with E-state index < -0.39 is 0 Å². The zero-order chi connectivity index (χ0) is 21.1. The Labute approximate surface area is 174 Å². The summed E-state index contributed by atoms with van der Waals surface area (Å²) in [5.41, 5.74) is 3.05. The van der Waals surface area contributed by atoms with E-state index in [2.05, 4.69) is 9.88 Å². The summed E-state index contributed by atoms with van der Waals surface area (Å²) in [6, 6.07) is 15.3. The van der Waals surface area contributed by atoms with Crippen LogP contribution in [0, 0.1) is 0 Å². The molecule has 30 heavy (non-hydrogen) atoms. The van der Waals surface area contributed by atoms with Crippen molar-refractivity contribution < 1.29 is 13.9 Å². The molecule has 0 fully saturated rings. The predicted molar refractivity (Wildman–Crippen MR) is 117 cm³/mol. The number of ether oxygens (including phenoxy) is 2. The van der Waals surface area contributed by atoms with Gasteiger partial charge in [-0.25, -0.2) is 4.79 Å². The van der Waals surface area contributed by atoms with Crippen molar-refractivity contribution in [2.75, 3.05) is 41.0 Å². The summed E-state index contributed by atoms with van der Waals surface area (Å²) >= 11 is 0. The second-order valence-corrected chi connectivity index (χ2v) is 7.34. The highest BCUT2D eigenvalue weighted by Crippen LogP contribution is 2.33. The molecule has 0 atom stereocenters. The van der Waals surface area contributed by atoms with Gasteiger partial charge in [-0.1, -0.05) is 12.1 Å². The minimum Gasteiger partial charge on any atom is -0.492 e. The van der Waals surface area contributed by atoms with Gasteiger partial charge in [0.25, 0.3) is 0 Å². The molecule has 0 saturated carbocycles. The van der Waals surface area contributed by atoms with Crippen molar-refractivity contribution in [2.45, 2.75) is 6.54 Å². The maximum Gasteiger partial charge on any atom is 0.348 e. The number of hydrogen-bond donors (Lipinski definition) is 0. The van der Waals surface area contributed by atoms with Gasteiger partial charge in [0.1, 0.15) is 29.2 Å². The zero-order valence-corrected chi connectivity index (χ0v) is 17.4. The minimum atomic E-state index is -0.326. The largest absolute Gasteiger partial charge is 0.492 e. The fourth-order valence-electron chi connectivity index (χ4n) is 3.40. The zero-order valence-electron chi connectivity index (χ0n) is 17.4. The second-order valence-electron chi connectivity index (χ2n) is 7.34. The van der Waals surface area contributed by atoms with Gasteiger partial charge in [0.05, 0.1) is 13.2 Å². The number of likely N-dealkylation sites (N-methyl/N-ethyl adjacent to an activating group) is 1. The Balaban J connectivity index is 1.79. The van der Waals surface area contributed by atoms with Gasteiger partial charge in [0.2, 0.25) is 0 Å². The molecule has 0 aliphatic heterocycles. The molecule has 4 aromatic rings. The normalized spacial score (nSPS) is 11.6. The van der Waals surface area contributed by atoms with Crippen molar-refractivity contribution >= 4 is 22.1 Å². The fraction of sp³-hybridized carbons (Fsp3) is 0.304. The fourth-order valence-corrected chi connectivity index (χ4v) is 3.40. The van der Waals surface area contributed by atoms with Crippen LogP contribution >= 0.6 is 0 Å². The van der Waals surface area contributed by atoms with Crippen molar-refractivity contribution in [1.29, 1.82) is 0 Å². The van der Waals surface area contributed by atoms with Crippen LogP contribution < -0.4 is 10.4 Å². The van der Waals surface area contributed by atoms with E-state index in [0.29, 0.717) is 31.0 Å². The van der Waals surface area contributed by atoms with E-state index in [4.69, 9.17) is 13.9 Å². The minimum absolute atomic E-state index is 0.326. The molecule has 2 heterocycles. The van der Waals surface area contributed by atoms with Crippen LogP contribution in [-0.4, -0.2) is 55.4 Å². The van der Waals surface area contributed by atoms with E-state index in [9.17, 15) is 4.79 Å². The lowest BCUT2D eigenvalue weighted by molar-refractivity contribution is 0.187. The maximum atomic E-state index is 12.9. The molecule has 0 bridgehead atoms. The Kier molecular flexibility index (Phi) is 5.83. The average Bonchev–Trinajstić information content (AvgIpc) is 3.13. The first kappa shape index (κ1) is 20.1. The van der Waals surface area contributed by atoms with E-state index >= 15 is 0 Å². The number of rotatable bonds is 8. The molecule has 4 rings (SSSR count). The first-order chi connectivity index (χ1) is 14.6. The van der Waals surface area contributed by atoms with E-state index in [1.54, 1.807) is 11.7 Å². The van der Waals surface area contributed by atoms with Gasteiger partial charge in [-0.2, -0.15) is 4.98 Å². The molecule has 2 aromatic carbocycles. The molecule has 0 spiro atoms. The molecule has 0 N–H and O–H groups in total. The third-order valence-electron chi connectivity index (χ3n) is 4.95. The standard InChI is InChI=1S/C23H25N3O4/c1-25(2)12-15-29-17-10-8-16(9-11-17)20-22-21(18-6-4-5-7-19(18)30-22)26(13-14-28-3)23(27)24-20/h4-11H,12-15H2,1-3H3. The smallest absolute Gasteiger partial charge is 0.348 e. The predicted octanol–water partition coefficient (Wildman–Crippen LogP) is 3.40. The summed E-state index contributed by atoms with van der Waals surface area (Å²) in [5, 5.41) is 0.882. The van der Waals surface area contributed by atoms with Crippen LogP contribution in [0.15, 0.2) is 57.7 Å². The molecule has 156 valence electrons. The Bertz CT molecular complexity index is 1210. The molecular weight excluding hydrogens is 382 g/mol. The van der Waals surface area contributed by atoms with Crippen LogP contribution in [0.4, 0.5) is 0 Å². The van der Waals surface area contributed by atoms with Crippen LogP contribution in [0.5, 0.6) is 5.75 Å². The van der Waals surface area contributed by atoms with Gasteiger partial charge in [0, 0.05) is 24.6 Å². The molecule has 7 heteroatoms. The first-order valence-electron chi connectivity index (χ1n) is 9.87. The van der Waals surface area contributed by atoms with Crippen molar-refractivity contribution in [3.63, 3.8) is 0 Å². The second kappa shape index (κ2) is 8.69. The summed E-state index contributed by atoms with van der Waals surface area (Å²) < 4.78 is 18.7. The molecular formula is C23H25N3O4. The summed E-state index contributed by atoms with van der Waals surface area (Å²) in [7, 11) is 5.62. The Morgan fingerprint density at radius 1 is 1.07 bits per heavy atom. The van der Waals surface area contributed by atoms with Gasteiger partial charge in [-0.3, -0.25) is 4.57 Å². The molecule has 0 unspecified atom stereocenters. The summed E-state index contributed by atoms with van der Waals surface area (Å²) in [6.07, 6.45) is 0. The number of nitrogens with zero attached hydrogens (tertiary/aromatic N) is 3. The van der Waals surface area contributed by atoms with E-state index in [1.807, 2.05) is 62.6 Å². The van der Waals surface area contributed by atoms with Crippen LogP contribution in [0.1, 0.15) is 0 Å². The van der Waals surface area contributed by atoms with E-state index in [0.717, 1.165) is 34.3 Å². The molecule has 0 saturated heterocycles. The topological polar surface area (TPSA) is 69.7 Å². The molecule has 0 amide bonds. The highest BCUT2D eigenvalue weighted by molar-refractivity contribution is 6.06. The molecule has 0 aliphatic rings. The number of aromatic nitrogens is 2. The first-order valence-corrected chi connectivity index (χ1v) is 9.87. The summed E-state index contributed by atoms with van der Waals surface area (Å²) in [5.74, 6) is 0.773. The highest BCUT2D eigenvalue weighted by Gasteiger charge is 2.19. The lowest BCUT2D eigenvalue weighted by atomic mass is 10.1. The number of hydrogen-bond acceptors (Lipinski definition) is 6. The van der Waals surface area contributed by atoms with Crippen molar-refractivity contribution in [2.24, 2.45) is 0 Å². The third-order valence-corrected chi connectivity index (χ3v) is 4.95. The quantitative estimate of drug-likeness (QED) is 0.446. The van der Waals surface area contributed by atoms with Crippen molar-refractivity contribution in [3.05, 3.63) is 59.0 Å². The number of furan rings is 1. The number of fused-ring (bicyclic) bond motifs is 3. The van der Waals surface area contributed by atoms with Gasteiger partial charge in [0.15, 0.2) is 5.58 Å². The Morgan fingerprint density at radius 3 is 2.57 bits per heavy atom. The Morgan fingerprint density at radius 2 is 1.83 bits per heavy atom. The van der Waals surface area contributed by atoms with E-state index in [1.165, 1.54) is 0 Å². The van der Waals surface area contributed by atoms with Gasteiger partial charge < -0.3 is 18.8 Å².